The number of primary amides is 1. The molecule has 0 aliphatic heterocycles. The molecular weight excluding hydrogens is 186 g/mol. The van der Waals surface area contributed by atoms with Gasteiger partial charge in [-0.1, -0.05) is 37.8 Å². The van der Waals surface area contributed by atoms with Crippen LogP contribution >= 0.6 is 0 Å². The van der Waals surface area contributed by atoms with E-state index in [9.17, 15) is 4.79 Å². The molecule has 0 fully saturated rings. The summed E-state index contributed by atoms with van der Waals surface area (Å²) in [5, 5.41) is 0. The summed E-state index contributed by atoms with van der Waals surface area (Å²) in [5.74, 6) is 5.77. The molecule has 0 radical (unpaired) electrons. The molecule has 15 heavy (non-hydrogen) atoms. The van der Waals surface area contributed by atoms with Crippen LogP contribution in [-0.2, 0) is 4.79 Å². The molecule has 0 unspecified atom stereocenters. The number of carbonyl (C=O) groups is 1. The van der Waals surface area contributed by atoms with Gasteiger partial charge in [-0.2, -0.15) is 0 Å². The van der Waals surface area contributed by atoms with Gasteiger partial charge in [-0.05, 0) is 23.6 Å². The fourth-order valence-electron chi connectivity index (χ4n) is 1.21. The maximum atomic E-state index is 10.5. The molecule has 1 aromatic rings. The lowest BCUT2D eigenvalue weighted by Crippen LogP contribution is -2.08. The van der Waals surface area contributed by atoms with E-state index >= 15 is 0 Å². The molecule has 0 bridgehead atoms. The first-order chi connectivity index (χ1) is 7.09. The fourth-order valence-corrected chi connectivity index (χ4v) is 1.21. The zero-order chi connectivity index (χ0) is 11.3. The maximum absolute atomic E-state index is 10.5. The van der Waals surface area contributed by atoms with Crippen molar-refractivity contribution in [2.45, 2.75) is 26.2 Å². The minimum atomic E-state index is -0.387. The van der Waals surface area contributed by atoms with Crippen molar-refractivity contribution in [2.24, 2.45) is 5.73 Å². The number of carbonyl (C=O) groups excluding carboxylic acids is 1. The molecule has 0 saturated heterocycles. The van der Waals surface area contributed by atoms with Crippen molar-refractivity contribution in [3.63, 3.8) is 0 Å². The zero-order valence-corrected chi connectivity index (χ0v) is 9.08. The smallest absolute Gasteiger partial charge is 0.229 e. The Balaban J connectivity index is 2.80. The first kappa shape index (κ1) is 11.3. The highest BCUT2D eigenvalue weighted by Gasteiger charge is 1.98. The van der Waals surface area contributed by atoms with E-state index in [1.165, 1.54) is 5.56 Å². The average molecular weight is 201 g/mol. The predicted molar refractivity (Wildman–Crippen MR) is 61.2 cm³/mol. The van der Waals surface area contributed by atoms with Gasteiger partial charge in [0.15, 0.2) is 0 Å². The van der Waals surface area contributed by atoms with Gasteiger partial charge >= 0.3 is 0 Å². The van der Waals surface area contributed by atoms with Crippen LogP contribution in [0, 0.1) is 11.8 Å². The summed E-state index contributed by atoms with van der Waals surface area (Å²) >= 11 is 0. The molecule has 2 N–H and O–H groups in total. The average Bonchev–Trinajstić information content (AvgIpc) is 2.17. The molecule has 2 nitrogen and oxygen atoms in total. The predicted octanol–water partition coefficient (Wildman–Crippen LogP) is 2.04. The number of benzene rings is 1. The molecule has 1 amide bonds. The maximum Gasteiger partial charge on any atom is 0.229 e. The third kappa shape index (κ3) is 3.86. The second-order valence-corrected chi connectivity index (χ2v) is 3.73. The Bertz CT molecular complexity index is 410. The van der Waals surface area contributed by atoms with Crippen molar-refractivity contribution < 1.29 is 4.79 Å². The van der Waals surface area contributed by atoms with Gasteiger partial charge in [-0.25, -0.2) is 0 Å². The standard InChI is InChI=1S/C13H15NO/c1-10(2)12-7-3-5-11(9-12)6-4-8-13(14)15/h3,5,7,9-10H,8H2,1-2H3,(H2,14,15). The van der Waals surface area contributed by atoms with Crippen LogP contribution in [0.2, 0.25) is 0 Å². The van der Waals surface area contributed by atoms with Gasteiger partial charge < -0.3 is 5.73 Å². The van der Waals surface area contributed by atoms with Crippen LogP contribution in [0.1, 0.15) is 37.3 Å². The highest BCUT2D eigenvalue weighted by Crippen LogP contribution is 2.14. The van der Waals surface area contributed by atoms with Crippen LogP contribution < -0.4 is 5.73 Å². The van der Waals surface area contributed by atoms with E-state index in [0.29, 0.717) is 5.92 Å². The van der Waals surface area contributed by atoms with Crippen LogP contribution in [0.25, 0.3) is 0 Å². The van der Waals surface area contributed by atoms with Gasteiger partial charge in [-0.3, -0.25) is 4.79 Å². The number of nitrogens with two attached hydrogens (primary N) is 1. The second-order valence-electron chi connectivity index (χ2n) is 3.73. The lowest BCUT2D eigenvalue weighted by atomic mass is 10.0. The number of hydrogen-bond donors (Lipinski definition) is 1. The molecule has 0 aliphatic rings. The normalized spacial score (nSPS) is 9.53. The molecular formula is C13H15NO. The van der Waals surface area contributed by atoms with Crippen molar-refractivity contribution in [3.05, 3.63) is 35.4 Å². The van der Waals surface area contributed by atoms with Crippen LogP contribution in [0.3, 0.4) is 0 Å². The monoisotopic (exact) mass is 201 g/mol. The fraction of sp³-hybridized carbons (Fsp3) is 0.308. The van der Waals surface area contributed by atoms with E-state index in [1.54, 1.807) is 0 Å². The van der Waals surface area contributed by atoms with Crippen LogP contribution in [0.15, 0.2) is 24.3 Å². The van der Waals surface area contributed by atoms with E-state index in [-0.39, 0.29) is 12.3 Å². The molecule has 0 heterocycles. The minimum Gasteiger partial charge on any atom is -0.369 e. The summed E-state index contributed by atoms with van der Waals surface area (Å²) in [6, 6.07) is 8.02. The van der Waals surface area contributed by atoms with Gasteiger partial charge in [0.05, 0.1) is 6.42 Å². The quantitative estimate of drug-likeness (QED) is 0.731. The van der Waals surface area contributed by atoms with Crippen molar-refractivity contribution in [1.29, 1.82) is 0 Å². The molecule has 78 valence electrons. The zero-order valence-electron chi connectivity index (χ0n) is 9.08. The molecule has 0 saturated carbocycles. The number of amides is 1. The summed E-state index contributed by atoms with van der Waals surface area (Å²) < 4.78 is 0. The van der Waals surface area contributed by atoms with Gasteiger partial charge in [0.25, 0.3) is 0 Å². The molecule has 0 aromatic heterocycles. The first-order valence-corrected chi connectivity index (χ1v) is 4.96. The van der Waals surface area contributed by atoms with Crippen molar-refractivity contribution in [2.75, 3.05) is 0 Å². The summed E-state index contributed by atoms with van der Waals surface area (Å²) in [6.07, 6.45) is 0.117. The SMILES string of the molecule is CC(C)c1cccc(C#CCC(N)=O)c1. The summed E-state index contributed by atoms with van der Waals surface area (Å²) in [5.41, 5.74) is 7.18. The molecule has 0 aliphatic carbocycles. The third-order valence-corrected chi connectivity index (χ3v) is 2.05. The highest BCUT2D eigenvalue weighted by atomic mass is 16.1. The Labute approximate surface area is 90.5 Å². The number of rotatable bonds is 2. The first-order valence-electron chi connectivity index (χ1n) is 4.96. The second kappa shape index (κ2) is 5.21. The summed E-state index contributed by atoms with van der Waals surface area (Å²) in [4.78, 5) is 10.5. The highest BCUT2D eigenvalue weighted by molar-refractivity contribution is 5.76. The van der Waals surface area contributed by atoms with Gasteiger partial charge in [0.2, 0.25) is 5.91 Å². The molecule has 0 spiro atoms. The van der Waals surface area contributed by atoms with Crippen LogP contribution in [-0.4, -0.2) is 5.91 Å². The van der Waals surface area contributed by atoms with Crippen LogP contribution in [0.5, 0.6) is 0 Å². The van der Waals surface area contributed by atoms with E-state index in [2.05, 4.69) is 31.8 Å². The Kier molecular flexibility index (Phi) is 3.93. The Morgan fingerprint density at radius 2 is 2.20 bits per heavy atom. The van der Waals surface area contributed by atoms with Crippen molar-refractivity contribution >= 4 is 5.91 Å². The third-order valence-electron chi connectivity index (χ3n) is 2.05. The Morgan fingerprint density at radius 3 is 2.80 bits per heavy atom. The largest absolute Gasteiger partial charge is 0.369 e. The Hall–Kier alpha value is -1.75. The summed E-state index contributed by atoms with van der Waals surface area (Å²) in [7, 11) is 0. The van der Waals surface area contributed by atoms with Gasteiger partial charge in [-0.15, -0.1) is 0 Å². The molecule has 2 heteroatoms. The van der Waals surface area contributed by atoms with Crippen molar-refractivity contribution in [3.8, 4) is 11.8 Å². The summed E-state index contributed by atoms with van der Waals surface area (Å²) in [6.45, 7) is 4.27. The number of hydrogen-bond acceptors (Lipinski definition) is 1. The van der Waals surface area contributed by atoms with E-state index in [0.717, 1.165) is 5.56 Å². The van der Waals surface area contributed by atoms with Crippen molar-refractivity contribution in [1.82, 2.24) is 0 Å². The van der Waals surface area contributed by atoms with E-state index < -0.39 is 0 Å². The van der Waals surface area contributed by atoms with Gasteiger partial charge in [0.1, 0.15) is 0 Å². The van der Waals surface area contributed by atoms with Gasteiger partial charge in [0, 0.05) is 5.56 Å². The molecule has 1 rings (SSSR count). The minimum absolute atomic E-state index is 0.117. The van der Waals surface area contributed by atoms with E-state index in [1.807, 2.05) is 18.2 Å². The topological polar surface area (TPSA) is 43.1 Å². The Morgan fingerprint density at radius 1 is 1.47 bits per heavy atom. The lowest BCUT2D eigenvalue weighted by molar-refractivity contribution is -0.117. The lowest BCUT2D eigenvalue weighted by Gasteiger charge is -2.04. The van der Waals surface area contributed by atoms with E-state index in [4.69, 9.17) is 5.73 Å². The van der Waals surface area contributed by atoms with Crippen LogP contribution in [0.4, 0.5) is 0 Å². The molecule has 1 aromatic carbocycles. The molecule has 0 atom stereocenters.